The highest BCUT2D eigenvalue weighted by Crippen LogP contribution is 2.25. The first-order valence-corrected chi connectivity index (χ1v) is 8.82. The van der Waals surface area contributed by atoms with Gasteiger partial charge in [0.2, 0.25) is 15.9 Å². The van der Waals surface area contributed by atoms with Crippen molar-refractivity contribution in [3.8, 4) is 0 Å². The van der Waals surface area contributed by atoms with Crippen LogP contribution < -0.4 is 11.1 Å². The quantitative estimate of drug-likeness (QED) is 0.821. The lowest BCUT2D eigenvalue weighted by atomic mass is 10.1. The van der Waals surface area contributed by atoms with Crippen molar-refractivity contribution in [1.29, 1.82) is 0 Å². The van der Waals surface area contributed by atoms with E-state index in [1.165, 1.54) is 22.5 Å². The minimum atomic E-state index is -3.67. The molecule has 2 unspecified atom stereocenters. The van der Waals surface area contributed by atoms with E-state index in [1.807, 2.05) is 13.8 Å². The smallest absolute Gasteiger partial charge is 0.248 e. The second-order valence-corrected chi connectivity index (χ2v) is 7.95. The normalized spacial score (nSPS) is 24.0. The Balaban J connectivity index is 2.46. The lowest BCUT2D eigenvalue weighted by Crippen LogP contribution is -2.57. The van der Waals surface area contributed by atoms with Crippen LogP contribution in [0.5, 0.6) is 0 Å². The van der Waals surface area contributed by atoms with Crippen LogP contribution in [0.15, 0.2) is 27.6 Å². The van der Waals surface area contributed by atoms with E-state index in [9.17, 15) is 13.2 Å². The van der Waals surface area contributed by atoms with Gasteiger partial charge < -0.3 is 11.1 Å². The van der Waals surface area contributed by atoms with Gasteiger partial charge in [0.25, 0.3) is 0 Å². The molecule has 1 amide bonds. The summed E-state index contributed by atoms with van der Waals surface area (Å²) in [4.78, 5) is 11.4. The highest BCUT2D eigenvalue weighted by atomic mass is 79.9. The Hall–Kier alpha value is -0.960. The fourth-order valence-electron chi connectivity index (χ4n) is 2.35. The second-order valence-electron chi connectivity index (χ2n) is 5.14. The fraction of sp³-hybridized carbons (Fsp3) is 0.462. The molecule has 0 aliphatic carbocycles. The van der Waals surface area contributed by atoms with Crippen LogP contribution in [0, 0.1) is 0 Å². The Labute approximate surface area is 132 Å². The number of hydrogen-bond donors (Lipinski definition) is 2. The summed E-state index contributed by atoms with van der Waals surface area (Å²) in [5, 5.41) is 3.24. The van der Waals surface area contributed by atoms with Gasteiger partial charge in [-0.15, -0.1) is 0 Å². The average Bonchev–Trinajstić information content (AvgIpc) is 2.40. The van der Waals surface area contributed by atoms with Crippen molar-refractivity contribution >= 4 is 31.9 Å². The summed E-state index contributed by atoms with van der Waals surface area (Å²) >= 11 is 3.22. The van der Waals surface area contributed by atoms with Crippen molar-refractivity contribution in [3.63, 3.8) is 0 Å². The molecule has 0 radical (unpaired) electrons. The standard InChI is InChI=1S/C13H18BrN3O3S/c1-8-9(2)17(4-3-16-8)21(19,20)12-6-10(13(15)18)5-11(14)7-12/h5-9,16H,3-4H2,1-2H3,(H2,15,18). The summed E-state index contributed by atoms with van der Waals surface area (Å²) in [6.07, 6.45) is 0. The molecule has 8 heteroatoms. The molecule has 1 heterocycles. The van der Waals surface area contributed by atoms with E-state index in [0.717, 1.165) is 0 Å². The number of halogens is 1. The van der Waals surface area contributed by atoms with Crippen LogP contribution in [0.2, 0.25) is 0 Å². The monoisotopic (exact) mass is 375 g/mol. The highest BCUT2D eigenvalue weighted by Gasteiger charge is 2.34. The third-order valence-corrected chi connectivity index (χ3v) is 6.16. The first-order chi connectivity index (χ1) is 9.73. The minimum absolute atomic E-state index is 0.0660. The molecule has 1 saturated heterocycles. The number of rotatable bonds is 3. The Bertz CT molecular complexity index is 663. The fourth-order valence-corrected chi connectivity index (χ4v) is 4.77. The minimum Gasteiger partial charge on any atom is -0.366 e. The molecule has 116 valence electrons. The molecule has 2 atom stereocenters. The van der Waals surface area contributed by atoms with Gasteiger partial charge in [-0.3, -0.25) is 4.79 Å². The molecule has 6 nitrogen and oxygen atoms in total. The van der Waals surface area contributed by atoms with Gasteiger partial charge in [-0.2, -0.15) is 4.31 Å². The Morgan fingerprint density at radius 2 is 2.05 bits per heavy atom. The lowest BCUT2D eigenvalue weighted by Gasteiger charge is -2.37. The van der Waals surface area contributed by atoms with E-state index in [0.29, 0.717) is 17.6 Å². The van der Waals surface area contributed by atoms with Crippen LogP contribution in [0.3, 0.4) is 0 Å². The third-order valence-electron chi connectivity index (χ3n) is 3.74. The molecule has 1 fully saturated rings. The molecule has 1 aliphatic heterocycles. The maximum absolute atomic E-state index is 12.8. The SMILES string of the molecule is CC1NCCN(S(=O)(=O)c2cc(Br)cc(C(N)=O)c2)C1C. The van der Waals surface area contributed by atoms with E-state index < -0.39 is 15.9 Å². The summed E-state index contributed by atoms with van der Waals surface area (Å²) in [6, 6.07) is 4.21. The van der Waals surface area contributed by atoms with Gasteiger partial charge in [0, 0.05) is 35.2 Å². The number of amides is 1. The largest absolute Gasteiger partial charge is 0.366 e. The van der Waals surface area contributed by atoms with Crippen molar-refractivity contribution in [2.24, 2.45) is 5.73 Å². The summed E-state index contributed by atoms with van der Waals surface area (Å²) in [7, 11) is -3.67. The highest BCUT2D eigenvalue weighted by molar-refractivity contribution is 9.10. The van der Waals surface area contributed by atoms with Crippen molar-refractivity contribution in [1.82, 2.24) is 9.62 Å². The van der Waals surface area contributed by atoms with Crippen LogP contribution >= 0.6 is 15.9 Å². The van der Waals surface area contributed by atoms with Gasteiger partial charge in [-0.05, 0) is 32.0 Å². The van der Waals surface area contributed by atoms with Crippen molar-refractivity contribution in [3.05, 3.63) is 28.2 Å². The summed E-state index contributed by atoms with van der Waals surface area (Å²) in [6.45, 7) is 4.80. The van der Waals surface area contributed by atoms with Gasteiger partial charge in [0.1, 0.15) is 0 Å². The van der Waals surface area contributed by atoms with Gasteiger partial charge >= 0.3 is 0 Å². The van der Waals surface area contributed by atoms with E-state index in [1.54, 1.807) is 0 Å². The topological polar surface area (TPSA) is 92.5 Å². The molecule has 1 aliphatic rings. The Morgan fingerprint density at radius 3 is 2.67 bits per heavy atom. The molecule has 0 bridgehead atoms. The van der Waals surface area contributed by atoms with E-state index >= 15 is 0 Å². The maximum atomic E-state index is 12.8. The number of piperazine rings is 1. The van der Waals surface area contributed by atoms with Crippen LogP contribution in [0.1, 0.15) is 24.2 Å². The summed E-state index contributed by atoms with van der Waals surface area (Å²) in [5.41, 5.74) is 5.41. The van der Waals surface area contributed by atoms with Crippen LogP contribution in [-0.2, 0) is 10.0 Å². The Kier molecular flexibility index (Phi) is 4.72. The van der Waals surface area contributed by atoms with Gasteiger partial charge in [-0.1, -0.05) is 15.9 Å². The predicted molar refractivity (Wildman–Crippen MR) is 83.5 cm³/mol. The van der Waals surface area contributed by atoms with Gasteiger partial charge in [-0.25, -0.2) is 8.42 Å². The van der Waals surface area contributed by atoms with Crippen LogP contribution in [0.25, 0.3) is 0 Å². The first kappa shape index (κ1) is 16.4. The molecule has 0 saturated carbocycles. The molecule has 2 rings (SSSR count). The van der Waals surface area contributed by atoms with E-state index in [2.05, 4.69) is 21.2 Å². The number of hydrogen-bond acceptors (Lipinski definition) is 4. The van der Waals surface area contributed by atoms with Gasteiger partial charge in [0.15, 0.2) is 0 Å². The van der Waals surface area contributed by atoms with Crippen molar-refractivity contribution in [2.75, 3.05) is 13.1 Å². The lowest BCUT2D eigenvalue weighted by molar-refractivity contribution is 0.1000. The molecule has 21 heavy (non-hydrogen) atoms. The first-order valence-electron chi connectivity index (χ1n) is 6.59. The number of benzene rings is 1. The zero-order chi connectivity index (χ0) is 15.8. The zero-order valence-corrected chi connectivity index (χ0v) is 14.2. The molecule has 0 aromatic heterocycles. The Morgan fingerprint density at radius 1 is 1.38 bits per heavy atom. The third kappa shape index (κ3) is 3.28. The maximum Gasteiger partial charge on any atom is 0.248 e. The van der Waals surface area contributed by atoms with E-state index in [4.69, 9.17) is 5.73 Å². The molecular formula is C13H18BrN3O3S. The number of sulfonamides is 1. The molecule has 3 N–H and O–H groups in total. The van der Waals surface area contributed by atoms with Crippen LogP contribution in [-0.4, -0.2) is 43.8 Å². The molecule has 1 aromatic carbocycles. The number of nitrogens with zero attached hydrogens (tertiary/aromatic N) is 1. The van der Waals surface area contributed by atoms with Crippen molar-refractivity contribution < 1.29 is 13.2 Å². The van der Waals surface area contributed by atoms with E-state index in [-0.39, 0.29) is 22.5 Å². The number of carbonyl (C=O) groups excluding carboxylic acids is 1. The molecule has 0 spiro atoms. The second kappa shape index (κ2) is 6.04. The summed E-state index contributed by atoms with van der Waals surface area (Å²) in [5.74, 6) is -0.658. The summed E-state index contributed by atoms with van der Waals surface area (Å²) < 4.78 is 27.6. The average molecular weight is 376 g/mol. The number of nitrogens with one attached hydrogen (secondary N) is 1. The zero-order valence-electron chi connectivity index (χ0n) is 11.8. The van der Waals surface area contributed by atoms with Crippen molar-refractivity contribution in [2.45, 2.75) is 30.8 Å². The number of primary amides is 1. The predicted octanol–water partition coefficient (Wildman–Crippen LogP) is 0.919. The van der Waals surface area contributed by atoms with Crippen LogP contribution in [0.4, 0.5) is 0 Å². The number of carbonyl (C=O) groups is 1. The number of nitrogens with two attached hydrogens (primary N) is 1. The molecular weight excluding hydrogens is 358 g/mol. The molecule has 1 aromatic rings. The van der Waals surface area contributed by atoms with Gasteiger partial charge in [0.05, 0.1) is 4.90 Å².